The Balaban J connectivity index is 1.88. The summed E-state index contributed by atoms with van der Waals surface area (Å²) in [5.74, 6) is 0. The molecule has 0 aliphatic carbocycles. The molecule has 0 unspecified atom stereocenters. The van der Waals surface area contributed by atoms with E-state index >= 15 is 0 Å². The third kappa shape index (κ3) is 4.04. The summed E-state index contributed by atoms with van der Waals surface area (Å²) in [6.07, 6.45) is 4.07. The monoisotopic (exact) mass is 171 g/mol. The summed E-state index contributed by atoms with van der Waals surface area (Å²) < 4.78 is 0. The summed E-state index contributed by atoms with van der Waals surface area (Å²) in [6.45, 7) is 5.01. The van der Waals surface area contributed by atoms with E-state index in [-0.39, 0.29) is 0 Å². The van der Waals surface area contributed by atoms with Crippen LogP contribution in [0.1, 0.15) is 19.3 Å². The zero-order valence-corrected chi connectivity index (χ0v) is 8.34. The van der Waals surface area contributed by atoms with Gasteiger partial charge in [-0.05, 0) is 38.9 Å². The second-order valence-electron chi connectivity index (χ2n) is 3.70. The largest absolute Gasteiger partial charge is 0.303 e. The molecule has 72 valence electrons. The first-order valence-corrected chi connectivity index (χ1v) is 4.92. The van der Waals surface area contributed by atoms with Crippen molar-refractivity contribution >= 4 is 0 Å². The van der Waals surface area contributed by atoms with Gasteiger partial charge in [-0.15, -0.1) is 0 Å². The number of hydrazine groups is 1. The number of nitrogens with one attached hydrogen (secondary N) is 1. The van der Waals surface area contributed by atoms with Crippen LogP contribution in [0.3, 0.4) is 0 Å². The Bertz CT molecular complexity index is 108. The third-order valence-corrected chi connectivity index (χ3v) is 2.28. The Morgan fingerprint density at radius 1 is 1.25 bits per heavy atom. The third-order valence-electron chi connectivity index (χ3n) is 2.28. The van der Waals surface area contributed by atoms with E-state index in [0.717, 1.165) is 6.54 Å². The molecule has 3 nitrogen and oxygen atoms in total. The predicted octanol–water partition coefficient (Wildman–Crippen LogP) is 0.539. The summed E-state index contributed by atoms with van der Waals surface area (Å²) in [6, 6.07) is 0. The van der Waals surface area contributed by atoms with Crippen LogP contribution in [-0.2, 0) is 0 Å². The fourth-order valence-electron chi connectivity index (χ4n) is 1.61. The first-order chi connectivity index (χ1) is 5.79. The fraction of sp³-hybridized carbons (Fsp3) is 1.00. The predicted molar refractivity (Wildman–Crippen MR) is 52.0 cm³/mol. The highest BCUT2D eigenvalue weighted by Crippen LogP contribution is 2.06. The van der Waals surface area contributed by atoms with Crippen molar-refractivity contribution in [3.63, 3.8) is 0 Å². The van der Waals surface area contributed by atoms with E-state index in [9.17, 15) is 0 Å². The SMILES string of the molecule is CN(C)NCCCN1CCCC1. The minimum atomic E-state index is 1.10. The lowest BCUT2D eigenvalue weighted by atomic mass is 10.4. The Morgan fingerprint density at radius 3 is 2.50 bits per heavy atom. The van der Waals surface area contributed by atoms with E-state index in [0.29, 0.717) is 0 Å². The molecule has 12 heavy (non-hydrogen) atoms. The van der Waals surface area contributed by atoms with Gasteiger partial charge in [0, 0.05) is 20.6 Å². The molecule has 1 aliphatic rings. The fourth-order valence-corrected chi connectivity index (χ4v) is 1.61. The van der Waals surface area contributed by atoms with E-state index in [4.69, 9.17) is 0 Å². The Kier molecular flexibility index (Phi) is 4.58. The van der Waals surface area contributed by atoms with Gasteiger partial charge in [-0.25, -0.2) is 0 Å². The molecule has 0 radical (unpaired) electrons. The van der Waals surface area contributed by atoms with Crippen molar-refractivity contribution < 1.29 is 0 Å². The van der Waals surface area contributed by atoms with Gasteiger partial charge in [-0.3, -0.25) is 10.4 Å². The van der Waals surface area contributed by atoms with Crippen molar-refractivity contribution in [2.75, 3.05) is 40.3 Å². The van der Waals surface area contributed by atoms with E-state index in [1.54, 1.807) is 0 Å². The minimum absolute atomic E-state index is 1.10. The Morgan fingerprint density at radius 2 is 1.92 bits per heavy atom. The topological polar surface area (TPSA) is 18.5 Å². The molecular weight excluding hydrogens is 150 g/mol. The summed E-state index contributed by atoms with van der Waals surface area (Å²) >= 11 is 0. The van der Waals surface area contributed by atoms with Crippen LogP contribution in [0.4, 0.5) is 0 Å². The lowest BCUT2D eigenvalue weighted by molar-refractivity contribution is 0.267. The second kappa shape index (κ2) is 5.51. The molecule has 1 aliphatic heterocycles. The zero-order chi connectivity index (χ0) is 8.81. The summed E-state index contributed by atoms with van der Waals surface area (Å²) in [5, 5.41) is 2.02. The van der Waals surface area contributed by atoms with E-state index in [1.165, 1.54) is 38.9 Å². The molecule has 0 atom stereocenters. The molecule has 0 aromatic carbocycles. The van der Waals surface area contributed by atoms with Crippen molar-refractivity contribution in [2.24, 2.45) is 0 Å². The minimum Gasteiger partial charge on any atom is -0.303 e. The molecule has 1 N–H and O–H groups in total. The molecule has 3 heteroatoms. The van der Waals surface area contributed by atoms with Crippen LogP contribution < -0.4 is 5.43 Å². The molecule has 1 saturated heterocycles. The van der Waals surface area contributed by atoms with Gasteiger partial charge in [-0.2, -0.15) is 0 Å². The van der Waals surface area contributed by atoms with Crippen molar-refractivity contribution in [3.05, 3.63) is 0 Å². The van der Waals surface area contributed by atoms with E-state index in [2.05, 4.69) is 10.3 Å². The number of likely N-dealkylation sites (tertiary alicyclic amines) is 1. The van der Waals surface area contributed by atoms with E-state index in [1.807, 2.05) is 19.1 Å². The molecule has 0 amide bonds. The van der Waals surface area contributed by atoms with E-state index < -0.39 is 0 Å². The van der Waals surface area contributed by atoms with Crippen LogP contribution >= 0.6 is 0 Å². The maximum absolute atomic E-state index is 3.28. The summed E-state index contributed by atoms with van der Waals surface area (Å²) in [7, 11) is 4.08. The number of hydrogen-bond acceptors (Lipinski definition) is 3. The number of hydrogen-bond donors (Lipinski definition) is 1. The molecule has 0 aromatic heterocycles. The average Bonchev–Trinajstić information content (AvgIpc) is 2.49. The molecule has 0 spiro atoms. The lowest BCUT2D eigenvalue weighted by Gasteiger charge is -2.16. The highest BCUT2D eigenvalue weighted by atomic mass is 15.5. The molecule has 1 fully saturated rings. The molecule has 0 bridgehead atoms. The van der Waals surface area contributed by atoms with Crippen molar-refractivity contribution in [1.82, 2.24) is 15.3 Å². The van der Waals surface area contributed by atoms with Gasteiger partial charge in [0.2, 0.25) is 0 Å². The van der Waals surface area contributed by atoms with Gasteiger partial charge in [0.15, 0.2) is 0 Å². The van der Waals surface area contributed by atoms with Gasteiger partial charge >= 0.3 is 0 Å². The maximum Gasteiger partial charge on any atom is 0.0114 e. The quantitative estimate of drug-likeness (QED) is 0.481. The van der Waals surface area contributed by atoms with Gasteiger partial charge in [0.1, 0.15) is 0 Å². The van der Waals surface area contributed by atoms with Crippen LogP contribution in [0, 0.1) is 0 Å². The van der Waals surface area contributed by atoms with Gasteiger partial charge in [0.05, 0.1) is 0 Å². The smallest absolute Gasteiger partial charge is 0.0114 e. The summed E-state index contributed by atoms with van der Waals surface area (Å²) in [5.41, 5.74) is 3.28. The average molecular weight is 171 g/mol. The molecule has 1 rings (SSSR count). The first kappa shape index (κ1) is 9.96. The Hall–Kier alpha value is -0.120. The standard InChI is InChI=1S/C9H21N3/c1-11(2)10-6-5-9-12-7-3-4-8-12/h10H,3-9H2,1-2H3. The maximum atomic E-state index is 3.28. The highest BCUT2D eigenvalue weighted by Gasteiger charge is 2.09. The Labute approximate surface area is 75.7 Å². The highest BCUT2D eigenvalue weighted by molar-refractivity contribution is 4.65. The number of rotatable bonds is 5. The van der Waals surface area contributed by atoms with Crippen molar-refractivity contribution in [1.29, 1.82) is 0 Å². The van der Waals surface area contributed by atoms with Crippen LogP contribution in [-0.4, -0.2) is 50.2 Å². The molecule has 0 aromatic rings. The second-order valence-corrected chi connectivity index (χ2v) is 3.70. The van der Waals surface area contributed by atoms with Gasteiger partial charge < -0.3 is 4.90 Å². The zero-order valence-electron chi connectivity index (χ0n) is 8.34. The normalized spacial score (nSPS) is 19.2. The number of nitrogens with zero attached hydrogens (tertiary/aromatic N) is 2. The summed E-state index contributed by atoms with van der Waals surface area (Å²) in [4.78, 5) is 2.55. The van der Waals surface area contributed by atoms with Crippen LogP contribution in [0.25, 0.3) is 0 Å². The van der Waals surface area contributed by atoms with Crippen molar-refractivity contribution in [2.45, 2.75) is 19.3 Å². The van der Waals surface area contributed by atoms with Gasteiger partial charge in [0.25, 0.3) is 0 Å². The van der Waals surface area contributed by atoms with Crippen LogP contribution in [0.5, 0.6) is 0 Å². The van der Waals surface area contributed by atoms with Crippen molar-refractivity contribution in [3.8, 4) is 0 Å². The molecular formula is C9H21N3. The first-order valence-electron chi connectivity index (χ1n) is 4.92. The molecule has 0 saturated carbocycles. The van der Waals surface area contributed by atoms with Gasteiger partial charge in [-0.1, -0.05) is 0 Å². The van der Waals surface area contributed by atoms with Crippen LogP contribution in [0.2, 0.25) is 0 Å². The molecule has 1 heterocycles. The van der Waals surface area contributed by atoms with Crippen LogP contribution in [0.15, 0.2) is 0 Å². The lowest BCUT2D eigenvalue weighted by Crippen LogP contribution is -2.33.